The summed E-state index contributed by atoms with van der Waals surface area (Å²) < 4.78 is 18.8. The van der Waals surface area contributed by atoms with Gasteiger partial charge in [0.05, 0.1) is 6.26 Å². The molecule has 1 aromatic heterocycles. The highest BCUT2D eigenvalue weighted by atomic mass is 19.1. The van der Waals surface area contributed by atoms with Crippen LogP contribution in [0.3, 0.4) is 0 Å². The maximum absolute atomic E-state index is 13.3. The van der Waals surface area contributed by atoms with E-state index in [4.69, 9.17) is 4.42 Å². The minimum atomic E-state index is -0.330. The van der Waals surface area contributed by atoms with Gasteiger partial charge < -0.3 is 9.73 Å². The highest BCUT2D eigenvalue weighted by Gasteiger charge is 2.58. The average Bonchev–Trinajstić information content (AvgIpc) is 3.18. The first kappa shape index (κ1) is 19.1. The molecule has 2 heterocycles. The van der Waals surface area contributed by atoms with Crippen LogP contribution in [-0.4, -0.2) is 23.9 Å². The third-order valence-electron chi connectivity index (χ3n) is 6.62. The van der Waals surface area contributed by atoms with Crippen LogP contribution in [0.2, 0.25) is 0 Å². The van der Waals surface area contributed by atoms with Crippen LogP contribution in [0.25, 0.3) is 11.3 Å². The Morgan fingerprint density at radius 3 is 2.60 bits per heavy atom. The van der Waals surface area contributed by atoms with Crippen LogP contribution in [0.4, 0.5) is 10.1 Å². The number of piperidine rings is 1. The van der Waals surface area contributed by atoms with E-state index in [9.17, 15) is 9.18 Å². The normalized spacial score (nSPS) is 20.2. The highest BCUT2D eigenvalue weighted by molar-refractivity contribution is 5.95. The summed E-state index contributed by atoms with van der Waals surface area (Å²) in [5, 5.41) is 2.88. The Labute approximate surface area is 175 Å². The maximum atomic E-state index is 13.3. The number of anilines is 1. The molecule has 1 N–H and O–H groups in total. The van der Waals surface area contributed by atoms with Crippen molar-refractivity contribution in [2.75, 3.05) is 18.4 Å². The molecule has 30 heavy (non-hydrogen) atoms. The van der Waals surface area contributed by atoms with Crippen LogP contribution in [0.15, 0.2) is 71.3 Å². The number of furan rings is 1. The molecule has 1 aliphatic heterocycles. The fourth-order valence-electron chi connectivity index (χ4n) is 4.70. The summed E-state index contributed by atoms with van der Waals surface area (Å²) in [6, 6.07) is 18.5. The number of hydrogen-bond donors (Lipinski definition) is 1. The van der Waals surface area contributed by atoms with E-state index in [2.05, 4.69) is 34.5 Å². The van der Waals surface area contributed by atoms with Gasteiger partial charge in [-0.1, -0.05) is 30.3 Å². The zero-order valence-corrected chi connectivity index (χ0v) is 16.8. The predicted molar refractivity (Wildman–Crippen MR) is 114 cm³/mol. The smallest absolute Gasteiger partial charge is 0.228 e. The molecule has 3 aromatic rings. The number of carbonyl (C=O) groups is 1. The van der Waals surface area contributed by atoms with Gasteiger partial charge >= 0.3 is 0 Å². The largest absolute Gasteiger partial charge is 0.464 e. The minimum Gasteiger partial charge on any atom is -0.464 e. The molecule has 1 saturated carbocycles. The lowest BCUT2D eigenvalue weighted by atomic mass is 9.90. The monoisotopic (exact) mass is 404 g/mol. The zero-order chi connectivity index (χ0) is 20.6. The number of rotatable bonds is 5. The summed E-state index contributed by atoms with van der Waals surface area (Å²) in [6.07, 6.45) is 4.72. The van der Waals surface area contributed by atoms with Gasteiger partial charge in [0.1, 0.15) is 11.6 Å². The van der Waals surface area contributed by atoms with Crippen molar-refractivity contribution in [3.63, 3.8) is 0 Å². The van der Waals surface area contributed by atoms with Crippen LogP contribution in [0, 0.1) is 17.2 Å². The van der Waals surface area contributed by atoms with E-state index < -0.39 is 0 Å². The lowest BCUT2D eigenvalue weighted by Gasteiger charge is -2.32. The zero-order valence-electron chi connectivity index (χ0n) is 16.8. The van der Waals surface area contributed by atoms with Crippen molar-refractivity contribution >= 4 is 11.6 Å². The lowest BCUT2D eigenvalue weighted by molar-refractivity contribution is -0.118. The van der Waals surface area contributed by atoms with E-state index in [0.29, 0.717) is 5.69 Å². The number of amides is 1. The molecule has 1 atom stereocenters. The molecule has 5 rings (SSSR count). The first-order valence-electron chi connectivity index (χ1n) is 10.5. The molecule has 1 spiro atoms. The van der Waals surface area contributed by atoms with Gasteiger partial charge in [0.2, 0.25) is 5.91 Å². The van der Waals surface area contributed by atoms with Crippen molar-refractivity contribution in [3.05, 3.63) is 78.3 Å². The van der Waals surface area contributed by atoms with Crippen LogP contribution in [0.1, 0.15) is 24.8 Å². The molecule has 0 bridgehead atoms. The maximum Gasteiger partial charge on any atom is 0.228 e. The van der Waals surface area contributed by atoms with Crippen molar-refractivity contribution in [2.24, 2.45) is 11.3 Å². The first-order chi connectivity index (χ1) is 14.6. The molecule has 0 radical (unpaired) electrons. The number of nitrogens with zero attached hydrogens (tertiary/aromatic N) is 1. The SMILES string of the molecule is O=C(Nc1cccc(F)c1)[C@@H]1CC12CCN(Cc1ccc(-c3ccco3)cc1)CC2. The summed E-state index contributed by atoms with van der Waals surface area (Å²) in [5.41, 5.74) is 3.05. The van der Waals surface area contributed by atoms with Crippen LogP contribution in [0.5, 0.6) is 0 Å². The second kappa shape index (κ2) is 7.73. The molecule has 5 heteroatoms. The Kier molecular flexibility index (Phi) is 4.91. The van der Waals surface area contributed by atoms with Gasteiger partial charge in [-0.05, 0) is 73.7 Å². The van der Waals surface area contributed by atoms with E-state index in [1.807, 2.05) is 12.1 Å². The van der Waals surface area contributed by atoms with Crippen molar-refractivity contribution in [2.45, 2.75) is 25.8 Å². The molecule has 1 aliphatic carbocycles. The summed E-state index contributed by atoms with van der Waals surface area (Å²) in [7, 11) is 0. The Bertz CT molecular complexity index is 1020. The number of hydrogen-bond acceptors (Lipinski definition) is 3. The third-order valence-corrected chi connectivity index (χ3v) is 6.62. The van der Waals surface area contributed by atoms with E-state index in [-0.39, 0.29) is 23.1 Å². The van der Waals surface area contributed by atoms with E-state index in [1.54, 1.807) is 18.4 Å². The molecule has 1 saturated heterocycles. The number of halogens is 1. The Morgan fingerprint density at radius 1 is 1.10 bits per heavy atom. The van der Waals surface area contributed by atoms with Gasteiger partial charge in [0.15, 0.2) is 0 Å². The van der Waals surface area contributed by atoms with Gasteiger partial charge in [0, 0.05) is 23.7 Å². The van der Waals surface area contributed by atoms with Crippen molar-refractivity contribution in [3.8, 4) is 11.3 Å². The minimum absolute atomic E-state index is 0.0302. The Hall–Kier alpha value is -2.92. The number of benzene rings is 2. The third kappa shape index (κ3) is 3.90. The van der Waals surface area contributed by atoms with Gasteiger partial charge in [-0.3, -0.25) is 9.69 Å². The molecular formula is C25H25FN2O2. The van der Waals surface area contributed by atoms with Crippen LogP contribution in [-0.2, 0) is 11.3 Å². The number of likely N-dealkylation sites (tertiary alicyclic amines) is 1. The van der Waals surface area contributed by atoms with Crippen molar-refractivity contribution in [1.29, 1.82) is 0 Å². The molecule has 4 nitrogen and oxygen atoms in total. The number of nitrogens with one attached hydrogen (secondary N) is 1. The highest BCUT2D eigenvalue weighted by Crippen LogP contribution is 2.59. The van der Waals surface area contributed by atoms with Gasteiger partial charge in [0.25, 0.3) is 0 Å². The summed E-state index contributed by atoms with van der Waals surface area (Å²) in [6.45, 7) is 2.93. The fraction of sp³-hybridized carbons (Fsp3) is 0.320. The lowest BCUT2D eigenvalue weighted by Crippen LogP contribution is -2.35. The quantitative estimate of drug-likeness (QED) is 0.625. The average molecular weight is 404 g/mol. The second-order valence-corrected chi connectivity index (χ2v) is 8.57. The molecule has 2 aromatic carbocycles. The van der Waals surface area contributed by atoms with E-state index in [0.717, 1.165) is 50.2 Å². The fourth-order valence-corrected chi connectivity index (χ4v) is 4.70. The van der Waals surface area contributed by atoms with Crippen molar-refractivity contribution in [1.82, 2.24) is 4.90 Å². The van der Waals surface area contributed by atoms with E-state index in [1.165, 1.54) is 17.7 Å². The van der Waals surface area contributed by atoms with Crippen LogP contribution < -0.4 is 5.32 Å². The first-order valence-corrected chi connectivity index (χ1v) is 10.5. The Morgan fingerprint density at radius 2 is 1.90 bits per heavy atom. The second-order valence-electron chi connectivity index (χ2n) is 8.57. The molecule has 0 unspecified atom stereocenters. The standard InChI is InChI=1S/C25H25FN2O2/c26-20-3-1-4-21(15-20)27-24(29)22-16-25(22)10-12-28(13-11-25)17-18-6-8-19(9-7-18)23-5-2-14-30-23/h1-9,14-15,22H,10-13,16-17H2,(H,27,29)/t22-/m0/s1. The van der Waals surface area contributed by atoms with E-state index >= 15 is 0 Å². The van der Waals surface area contributed by atoms with Crippen LogP contribution >= 0.6 is 0 Å². The topological polar surface area (TPSA) is 45.5 Å². The van der Waals surface area contributed by atoms with Gasteiger partial charge in [-0.15, -0.1) is 0 Å². The summed E-state index contributed by atoms with van der Waals surface area (Å²) in [5.74, 6) is 0.639. The summed E-state index contributed by atoms with van der Waals surface area (Å²) >= 11 is 0. The van der Waals surface area contributed by atoms with Crippen molar-refractivity contribution < 1.29 is 13.6 Å². The number of carbonyl (C=O) groups excluding carboxylic acids is 1. The molecular weight excluding hydrogens is 379 g/mol. The van der Waals surface area contributed by atoms with Gasteiger partial charge in [-0.25, -0.2) is 4.39 Å². The van der Waals surface area contributed by atoms with Gasteiger partial charge in [-0.2, -0.15) is 0 Å². The Balaban J connectivity index is 1.13. The predicted octanol–water partition coefficient (Wildman–Crippen LogP) is 5.33. The molecule has 154 valence electrons. The molecule has 2 aliphatic rings. The summed E-state index contributed by atoms with van der Waals surface area (Å²) in [4.78, 5) is 15.1. The molecule has 1 amide bonds. The molecule has 2 fully saturated rings.